The minimum Gasteiger partial charge on any atom is -0.229 e. The molecule has 1 aromatic carbocycles. The summed E-state index contributed by atoms with van der Waals surface area (Å²) in [6.45, 7) is 2.15. The summed E-state index contributed by atoms with van der Waals surface area (Å²) in [6.07, 6.45) is 4.31. The Kier molecular flexibility index (Phi) is 5.30. The van der Waals surface area contributed by atoms with E-state index < -0.39 is 8.25 Å². The minimum atomic E-state index is -2.56. The van der Waals surface area contributed by atoms with E-state index >= 15 is 0 Å². The van der Waals surface area contributed by atoms with Gasteiger partial charge < -0.3 is 0 Å². The van der Waals surface area contributed by atoms with Crippen molar-refractivity contribution < 1.29 is 14.0 Å². The quantitative estimate of drug-likeness (QED) is 0.598. The maximum absolute atomic E-state index is 10.6. The van der Waals surface area contributed by atoms with Crippen LogP contribution >= 0.6 is 8.25 Å². The van der Waals surface area contributed by atoms with Gasteiger partial charge in [-0.2, -0.15) is 0 Å². The summed E-state index contributed by atoms with van der Waals surface area (Å²) >= 11 is 0. The molecule has 0 amide bonds. The van der Waals surface area contributed by atoms with Crippen LogP contribution in [0.5, 0.6) is 5.75 Å². The van der Waals surface area contributed by atoms with E-state index in [1.54, 1.807) is 12.1 Å². The van der Waals surface area contributed by atoms with Gasteiger partial charge in [-0.3, -0.25) is 0 Å². The number of benzene rings is 1. The molecule has 0 aromatic heterocycles. The maximum Gasteiger partial charge on any atom is 0.747 e. The summed E-state index contributed by atoms with van der Waals surface area (Å²) in [5.41, 5.74) is 1.00. The van der Waals surface area contributed by atoms with Gasteiger partial charge in [0.15, 0.2) is 5.75 Å². The predicted molar refractivity (Wildman–Crippen MR) is 60.1 cm³/mol. The average molecular weight is 227 g/mol. The van der Waals surface area contributed by atoms with Crippen LogP contribution in [0.25, 0.3) is 0 Å². The summed E-state index contributed by atoms with van der Waals surface area (Å²) in [7, 11) is -2.56. The predicted octanol–water partition coefficient (Wildman–Crippen LogP) is 3.45. The van der Waals surface area contributed by atoms with Crippen LogP contribution in [0.3, 0.4) is 0 Å². The van der Waals surface area contributed by atoms with Gasteiger partial charge in [0.25, 0.3) is 0 Å². The Bertz CT molecular complexity index is 325. The molecule has 3 nitrogen and oxygen atoms in total. The molecule has 0 saturated heterocycles. The number of unbranched alkanes of at least 4 members (excludes halogenated alkanes) is 2. The molecule has 0 aliphatic rings. The monoisotopic (exact) mass is 227 g/mol. The van der Waals surface area contributed by atoms with Crippen molar-refractivity contribution >= 4 is 8.25 Å². The third kappa shape index (κ3) is 4.41. The van der Waals surface area contributed by atoms with Gasteiger partial charge in [-0.1, -0.05) is 38.0 Å². The standard InChI is InChI=1S/C11H15O3P/c1-2-3-4-7-10-8-5-6-9-11(10)14-15(12)13/h5-6,8-9H,2-4,7H2,1H3/p+1. The molecule has 0 heterocycles. The molecular formula is C11H16O3P+. The second kappa shape index (κ2) is 6.54. The molecule has 4 heteroatoms. The van der Waals surface area contributed by atoms with Crippen molar-refractivity contribution in [1.29, 1.82) is 0 Å². The molecule has 0 radical (unpaired) electrons. The first-order valence-corrected chi connectivity index (χ1v) is 6.29. The number of para-hydroxylation sites is 1. The van der Waals surface area contributed by atoms with Gasteiger partial charge in [-0.15, -0.1) is 4.89 Å². The van der Waals surface area contributed by atoms with Crippen molar-refractivity contribution in [2.75, 3.05) is 0 Å². The summed E-state index contributed by atoms with van der Waals surface area (Å²) in [6, 6.07) is 7.38. The van der Waals surface area contributed by atoms with E-state index in [1.165, 1.54) is 6.42 Å². The fourth-order valence-electron chi connectivity index (χ4n) is 1.45. The highest BCUT2D eigenvalue weighted by molar-refractivity contribution is 7.32. The van der Waals surface area contributed by atoms with Gasteiger partial charge in [-0.25, -0.2) is 4.52 Å². The minimum absolute atomic E-state index is 0.525. The van der Waals surface area contributed by atoms with Crippen LogP contribution in [-0.4, -0.2) is 4.89 Å². The Hall–Kier alpha value is -0.920. The summed E-state index contributed by atoms with van der Waals surface area (Å²) < 4.78 is 15.4. The molecule has 82 valence electrons. The van der Waals surface area contributed by atoms with Crippen molar-refractivity contribution in [1.82, 2.24) is 0 Å². The average Bonchev–Trinajstić information content (AvgIpc) is 2.20. The Morgan fingerprint density at radius 2 is 2.07 bits per heavy atom. The van der Waals surface area contributed by atoms with Crippen LogP contribution in [0, 0.1) is 0 Å². The van der Waals surface area contributed by atoms with E-state index in [4.69, 9.17) is 9.42 Å². The van der Waals surface area contributed by atoms with E-state index in [2.05, 4.69) is 6.92 Å². The third-order valence-corrected chi connectivity index (χ3v) is 2.55. The first-order valence-electron chi connectivity index (χ1n) is 5.16. The highest BCUT2D eigenvalue weighted by atomic mass is 31.1. The van der Waals surface area contributed by atoms with Crippen molar-refractivity contribution in [2.45, 2.75) is 32.6 Å². The van der Waals surface area contributed by atoms with Gasteiger partial charge in [0.05, 0.1) is 0 Å². The molecule has 0 aliphatic carbocycles. The fraction of sp³-hybridized carbons (Fsp3) is 0.455. The van der Waals surface area contributed by atoms with Crippen LogP contribution in [0.4, 0.5) is 0 Å². The molecule has 0 fully saturated rings. The van der Waals surface area contributed by atoms with Crippen LogP contribution in [0.15, 0.2) is 24.3 Å². The van der Waals surface area contributed by atoms with Crippen LogP contribution < -0.4 is 4.52 Å². The third-order valence-electron chi connectivity index (χ3n) is 2.20. The molecule has 0 spiro atoms. The largest absolute Gasteiger partial charge is 0.747 e. The lowest BCUT2D eigenvalue weighted by atomic mass is 10.1. The van der Waals surface area contributed by atoms with E-state index in [9.17, 15) is 4.57 Å². The second-order valence-corrected chi connectivity index (χ2v) is 4.05. The SMILES string of the molecule is CCCCCc1ccccc1O[P+](=O)O. The number of aryl methyl sites for hydroxylation is 1. The van der Waals surface area contributed by atoms with Gasteiger partial charge >= 0.3 is 8.25 Å². The van der Waals surface area contributed by atoms with E-state index in [1.807, 2.05) is 12.1 Å². The smallest absolute Gasteiger partial charge is 0.229 e. The zero-order valence-corrected chi connectivity index (χ0v) is 9.74. The summed E-state index contributed by atoms with van der Waals surface area (Å²) in [5.74, 6) is 0.525. The summed E-state index contributed by atoms with van der Waals surface area (Å²) in [5, 5.41) is 0. The lowest BCUT2D eigenvalue weighted by molar-refractivity contribution is 0.408. The van der Waals surface area contributed by atoms with Crippen molar-refractivity contribution in [3.8, 4) is 5.75 Å². The Balaban J connectivity index is 2.64. The molecule has 1 aromatic rings. The Morgan fingerprint density at radius 3 is 2.73 bits per heavy atom. The Morgan fingerprint density at radius 1 is 1.33 bits per heavy atom. The zero-order chi connectivity index (χ0) is 11.1. The van der Waals surface area contributed by atoms with Crippen LogP contribution in [-0.2, 0) is 11.0 Å². The first-order chi connectivity index (χ1) is 7.24. The van der Waals surface area contributed by atoms with E-state index in [0.29, 0.717) is 5.75 Å². The van der Waals surface area contributed by atoms with Gasteiger partial charge in [0.1, 0.15) is 0 Å². The van der Waals surface area contributed by atoms with E-state index in [-0.39, 0.29) is 0 Å². The van der Waals surface area contributed by atoms with Gasteiger partial charge in [0, 0.05) is 10.1 Å². The lowest BCUT2D eigenvalue weighted by Crippen LogP contribution is -1.90. The molecule has 0 saturated carbocycles. The second-order valence-electron chi connectivity index (χ2n) is 3.39. The molecule has 1 atom stereocenters. The lowest BCUT2D eigenvalue weighted by Gasteiger charge is -2.02. The molecule has 0 aliphatic heterocycles. The van der Waals surface area contributed by atoms with Gasteiger partial charge in [0.2, 0.25) is 0 Å². The normalized spacial score (nSPS) is 11.2. The fourth-order valence-corrected chi connectivity index (χ4v) is 1.80. The molecule has 0 bridgehead atoms. The topological polar surface area (TPSA) is 46.5 Å². The highest BCUT2D eigenvalue weighted by Crippen LogP contribution is 2.27. The van der Waals surface area contributed by atoms with Crippen molar-refractivity contribution in [3.63, 3.8) is 0 Å². The molecule has 15 heavy (non-hydrogen) atoms. The zero-order valence-electron chi connectivity index (χ0n) is 8.85. The number of rotatable bonds is 6. The molecule has 1 unspecified atom stereocenters. The van der Waals surface area contributed by atoms with E-state index in [0.717, 1.165) is 24.8 Å². The molecule has 1 rings (SSSR count). The van der Waals surface area contributed by atoms with Crippen molar-refractivity contribution in [2.24, 2.45) is 0 Å². The Labute approximate surface area is 91.0 Å². The van der Waals surface area contributed by atoms with Crippen LogP contribution in [0.1, 0.15) is 31.7 Å². The molecule has 1 N–H and O–H groups in total. The number of hydrogen-bond donors (Lipinski definition) is 1. The van der Waals surface area contributed by atoms with Crippen molar-refractivity contribution in [3.05, 3.63) is 29.8 Å². The van der Waals surface area contributed by atoms with Crippen LogP contribution in [0.2, 0.25) is 0 Å². The maximum atomic E-state index is 10.6. The first kappa shape index (κ1) is 12.2. The number of hydrogen-bond acceptors (Lipinski definition) is 2. The highest BCUT2D eigenvalue weighted by Gasteiger charge is 2.16. The molecular weight excluding hydrogens is 211 g/mol. The summed E-state index contributed by atoms with van der Waals surface area (Å²) in [4.78, 5) is 8.69. The van der Waals surface area contributed by atoms with Gasteiger partial charge in [-0.05, 0) is 18.9 Å².